The lowest BCUT2D eigenvalue weighted by Crippen LogP contribution is -2.02. The second-order valence-corrected chi connectivity index (χ2v) is 4.12. The summed E-state index contributed by atoms with van der Waals surface area (Å²) < 4.78 is 5.07. The SMILES string of the molecule is Cc1cc(CNc2ccc(C(=O)O)c(C)c2)on1. The van der Waals surface area contributed by atoms with Crippen LogP contribution in [0, 0.1) is 13.8 Å². The number of anilines is 1. The van der Waals surface area contributed by atoms with Gasteiger partial charge >= 0.3 is 5.97 Å². The molecule has 5 heteroatoms. The zero-order valence-electron chi connectivity index (χ0n) is 10.2. The molecule has 1 aromatic heterocycles. The van der Waals surface area contributed by atoms with Crippen LogP contribution in [0.5, 0.6) is 0 Å². The molecule has 0 aliphatic carbocycles. The molecule has 0 atom stereocenters. The van der Waals surface area contributed by atoms with Crippen molar-refractivity contribution in [2.24, 2.45) is 0 Å². The van der Waals surface area contributed by atoms with E-state index in [1.807, 2.05) is 13.0 Å². The van der Waals surface area contributed by atoms with E-state index in [0.717, 1.165) is 22.7 Å². The largest absolute Gasteiger partial charge is 0.478 e. The van der Waals surface area contributed by atoms with E-state index in [4.69, 9.17) is 9.63 Å². The van der Waals surface area contributed by atoms with Crippen LogP contribution in [0.3, 0.4) is 0 Å². The maximum absolute atomic E-state index is 10.9. The summed E-state index contributed by atoms with van der Waals surface area (Å²) in [7, 11) is 0. The molecule has 0 amide bonds. The van der Waals surface area contributed by atoms with E-state index in [1.165, 1.54) is 0 Å². The number of benzene rings is 1. The van der Waals surface area contributed by atoms with Gasteiger partial charge in [-0.25, -0.2) is 4.79 Å². The zero-order valence-corrected chi connectivity index (χ0v) is 10.2. The monoisotopic (exact) mass is 246 g/mol. The molecule has 0 aliphatic rings. The van der Waals surface area contributed by atoms with Gasteiger partial charge in [-0.2, -0.15) is 0 Å². The summed E-state index contributed by atoms with van der Waals surface area (Å²) in [6.45, 7) is 4.15. The average molecular weight is 246 g/mol. The van der Waals surface area contributed by atoms with Crippen molar-refractivity contribution in [3.63, 3.8) is 0 Å². The van der Waals surface area contributed by atoms with Crippen molar-refractivity contribution in [3.8, 4) is 0 Å². The summed E-state index contributed by atoms with van der Waals surface area (Å²) in [5.41, 5.74) is 2.73. The van der Waals surface area contributed by atoms with Gasteiger partial charge in [0.05, 0.1) is 17.8 Å². The summed E-state index contributed by atoms with van der Waals surface area (Å²) in [6, 6.07) is 6.98. The standard InChI is InChI=1S/C13H14N2O3/c1-8-5-10(3-4-12(8)13(16)17)14-7-11-6-9(2)15-18-11/h3-6,14H,7H2,1-2H3,(H,16,17). The lowest BCUT2D eigenvalue weighted by molar-refractivity contribution is 0.0696. The van der Waals surface area contributed by atoms with Gasteiger partial charge in [-0.3, -0.25) is 0 Å². The van der Waals surface area contributed by atoms with Gasteiger partial charge in [-0.05, 0) is 37.6 Å². The topological polar surface area (TPSA) is 75.4 Å². The van der Waals surface area contributed by atoms with E-state index in [-0.39, 0.29) is 0 Å². The van der Waals surface area contributed by atoms with Gasteiger partial charge < -0.3 is 14.9 Å². The van der Waals surface area contributed by atoms with Crippen molar-refractivity contribution in [2.45, 2.75) is 20.4 Å². The Hall–Kier alpha value is -2.30. The molecule has 2 aromatic rings. The number of aromatic nitrogens is 1. The molecule has 0 aliphatic heterocycles. The second-order valence-electron chi connectivity index (χ2n) is 4.12. The highest BCUT2D eigenvalue weighted by atomic mass is 16.5. The molecule has 94 valence electrons. The number of aryl methyl sites for hydroxylation is 2. The summed E-state index contributed by atoms with van der Waals surface area (Å²) >= 11 is 0. The molecule has 2 rings (SSSR count). The van der Waals surface area contributed by atoms with Crippen molar-refractivity contribution >= 4 is 11.7 Å². The number of carboxylic acids is 1. The van der Waals surface area contributed by atoms with Crippen LogP contribution >= 0.6 is 0 Å². The molecule has 1 aromatic carbocycles. The van der Waals surface area contributed by atoms with Crippen molar-refractivity contribution in [2.75, 3.05) is 5.32 Å². The first-order valence-corrected chi connectivity index (χ1v) is 5.56. The minimum Gasteiger partial charge on any atom is -0.478 e. The Labute approximate surface area is 104 Å². The second kappa shape index (κ2) is 4.91. The van der Waals surface area contributed by atoms with Crippen LogP contribution in [-0.4, -0.2) is 16.2 Å². The third-order valence-electron chi connectivity index (χ3n) is 2.60. The van der Waals surface area contributed by atoms with E-state index < -0.39 is 5.97 Å². The van der Waals surface area contributed by atoms with E-state index in [0.29, 0.717) is 12.1 Å². The molecule has 5 nitrogen and oxygen atoms in total. The maximum Gasteiger partial charge on any atom is 0.335 e. The van der Waals surface area contributed by atoms with Gasteiger partial charge in [-0.15, -0.1) is 0 Å². The molecule has 0 saturated heterocycles. The van der Waals surface area contributed by atoms with Gasteiger partial charge in [0.25, 0.3) is 0 Å². The van der Waals surface area contributed by atoms with E-state index in [1.54, 1.807) is 25.1 Å². The van der Waals surface area contributed by atoms with Crippen molar-refractivity contribution in [1.82, 2.24) is 5.16 Å². The molecular weight excluding hydrogens is 232 g/mol. The summed E-state index contributed by atoms with van der Waals surface area (Å²) in [5, 5.41) is 15.9. The third kappa shape index (κ3) is 2.68. The quantitative estimate of drug-likeness (QED) is 0.867. The average Bonchev–Trinajstić information content (AvgIpc) is 2.72. The minimum absolute atomic E-state index is 0.316. The van der Waals surface area contributed by atoms with E-state index >= 15 is 0 Å². The highest BCUT2D eigenvalue weighted by Crippen LogP contribution is 2.16. The van der Waals surface area contributed by atoms with Crippen LogP contribution in [0.1, 0.15) is 27.4 Å². The van der Waals surface area contributed by atoms with E-state index in [2.05, 4.69) is 10.5 Å². The number of nitrogens with zero attached hydrogens (tertiary/aromatic N) is 1. The molecular formula is C13H14N2O3. The number of carboxylic acid groups (broad SMARTS) is 1. The first-order valence-electron chi connectivity index (χ1n) is 5.56. The Bertz CT molecular complexity index is 575. The van der Waals surface area contributed by atoms with Crippen molar-refractivity contribution in [1.29, 1.82) is 0 Å². The molecule has 0 radical (unpaired) electrons. The van der Waals surface area contributed by atoms with Gasteiger partial charge in [0.1, 0.15) is 0 Å². The van der Waals surface area contributed by atoms with Crippen molar-refractivity contribution < 1.29 is 14.4 Å². The van der Waals surface area contributed by atoms with E-state index in [9.17, 15) is 4.79 Å². The number of aromatic carboxylic acids is 1. The Morgan fingerprint density at radius 3 is 2.72 bits per heavy atom. The Morgan fingerprint density at radius 2 is 2.17 bits per heavy atom. The molecule has 0 spiro atoms. The number of nitrogens with one attached hydrogen (secondary N) is 1. The first-order chi connectivity index (χ1) is 8.56. The van der Waals surface area contributed by atoms with Crippen LogP contribution in [-0.2, 0) is 6.54 Å². The first kappa shape index (κ1) is 12.2. The number of carbonyl (C=O) groups is 1. The highest BCUT2D eigenvalue weighted by Gasteiger charge is 2.07. The fraction of sp³-hybridized carbons (Fsp3) is 0.231. The zero-order chi connectivity index (χ0) is 13.1. The minimum atomic E-state index is -0.912. The predicted octanol–water partition coefficient (Wildman–Crippen LogP) is 2.60. The van der Waals surface area contributed by atoms with Crippen LogP contribution in [0.2, 0.25) is 0 Å². The highest BCUT2D eigenvalue weighted by molar-refractivity contribution is 5.89. The van der Waals surface area contributed by atoms with Crippen LogP contribution in [0.4, 0.5) is 5.69 Å². The van der Waals surface area contributed by atoms with Gasteiger partial charge in [0, 0.05) is 11.8 Å². The fourth-order valence-electron chi connectivity index (χ4n) is 1.70. The van der Waals surface area contributed by atoms with Gasteiger partial charge in [-0.1, -0.05) is 5.16 Å². The normalized spacial score (nSPS) is 10.3. The predicted molar refractivity (Wildman–Crippen MR) is 66.7 cm³/mol. The van der Waals surface area contributed by atoms with Crippen LogP contribution < -0.4 is 5.32 Å². The molecule has 0 saturated carbocycles. The molecule has 0 unspecified atom stereocenters. The molecule has 18 heavy (non-hydrogen) atoms. The van der Waals surface area contributed by atoms with Crippen LogP contribution in [0.15, 0.2) is 28.8 Å². The maximum atomic E-state index is 10.9. The number of rotatable bonds is 4. The molecule has 0 fully saturated rings. The van der Waals surface area contributed by atoms with Gasteiger partial charge in [0.2, 0.25) is 0 Å². The molecule has 1 heterocycles. The summed E-state index contributed by atoms with van der Waals surface area (Å²) in [6.07, 6.45) is 0. The lowest BCUT2D eigenvalue weighted by atomic mass is 10.1. The fourth-order valence-corrected chi connectivity index (χ4v) is 1.70. The summed E-state index contributed by atoms with van der Waals surface area (Å²) in [5.74, 6) is -0.169. The van der Waals surface area contributed by atoms with Gasteiger partial charge in [0.15, 0.2) is 5.76 Å². The molecule has 2 N–H and O–H groups in total. The summed E-state index contributed by atoms with van der Waals surface area (Å²) in [4.78, 5) is 10.9. The smallest absolute Gasteiger partial charge is 0.335 e. The lowest BCUT2D eigenvalue weighted by Gasteiger charge is -2.07. The Morgan fingerprint density at radius 1 is 1.39 bits per heavy atom. The van der Waals surface area contributed by atoms with Crippen molar-refractivity contribution in [3.05, 3.63) is 46.8 Å². The third-order valence-corrected chi connectivity index (χ3v) is 2.60. The van der Waals surface area contributed by atoms with Crippen LogP contribution in [0.25, 0.3) is 0 Å². The number of hydrogen-bond acceptors (Lipinski definition) is 4. The Kier molecular flexibility index (Phi) is 3.32. The number of hydrogen-bond donors (Lipinski definition) is 2. The Balaban J connectivity index is 2.06. The molecule has 0 bridgehead atoms.